The molecular weight excluding hydrogens is 1050 g/mol. The average molecular weight is 1180 g/mol. The van der Waals surface area contributed by atoms with Crippen LogP contribution in [0, 0.1) is 0 Å². The Hall–Kier alpha value is -2.64. The van der Waals surface area contributed by atoms with Crippen LogP contribution in [-0.4, -0.2) is 99.6 Å². The zero-order valence-corrected chi connectivity index (χ0v) is 54.5. The van der Waals surface area contributed by atoms with Gasteiger partial charge < -0.3 is 45.1 Å². The number of hydrogen-bond acceptors (Lipinski definition) is 10. The molecule has 6 N–H and O–H groups in total. The molecule has 0 aromatic rings. The lowest BCUT2D eigenvalue weighted by atomic mass is 9.99. The number of carbonyl (C=O) groups excluding carboxylic acids is 2. The Morgan fingerprint density at radius 3 is 1.25 bits per heavy atom. The van der Waals surface area contributed by atoms with E-state index < -0.39 is 67.4 Å². The first-order valence-electron chi connectivity index (χ1n) is 35.6. The van der Waals surface area contributed by atoms with Crippen LogP contribution in [0.15, 0.2) is 60.8 Å². The van der Waals surface area contributed by atoms with Crippen LogP contribution in [0.25, 0.3) is 0 Å². The first-order chi connectivity index (χ1) is 41.2. The van der Waals surface area contributed by atoms with Gasteiger partial charge in [0.1, 0.15) is 24.4 Å². The van der Waals surface area contributed by atoms with E-state index in [1.165, 1.54) is 199 Å². The third-order valence-electron chi connectivity index (χ3n) is 16.7. The molecule has 1 aliphatic heterocycles. The fraction of sp³-hybridized carbons (Fsp3) is 0.836. The zero-order valence-electron chi connectivity index (χ0n) is 54.5. The standard InChI is InChI=1S/C73H133NO10/c1-4-7-10-13-16-19-22-25-27-29-30-31-32-33-34-35-36-37-39-40-42-45-48-51-54-57-60-66(77)72(81)74-64(65(76)59-56-53-50-47-44-24-21-18-15-12-9-6-3)63-82-73-71(70(80)69(79)67(62-75)83-73)84-68(78)61-58-55-52-49-46-43-41-38-28-26-23-20-17-14-11-8-5-2/h16,19,25,27,30-31,33-34,56,59,64-67,69-71,73,75-77,79-80H,4-15,17-18,20-24,26,28-29,32,35-55,57-58,60-63H2,1-3H3,(H,74,81)/b19-16-,27-25-,31-30-,34-33-,59-56+. The summed E-state index contributed by atoms with van der Waals surface area (Å²) in [5.74, 6) is -1.19. The van der Waals surface area contributed by atoms with Crippen molar-refractivity contribution in [2.45, 2.75) is 378 Å². The topological polar surface area (TPSA) is 175 Å². The van der Waals surface area contributed by atoms with E-state index in [4.69, 9.17) is 14.2 Å². The largest absolute Gasteiger partial charge is 0.454 e. The highest BCUT2D eigenvalue weighted by atomic mass is 16.7. The molecular formula is C73H133NO10. The number of aliphatic hydroxyl groups excluding tert-OH is 5. The SMILES string of the molecule is CCCCC/C=C\C/C=C\C/C=C\C/C=C\CCCCCCCCCCCCC(O)C(=O)NC(COC1OC(CO)C(O)C(O)C1OC(=O)CCCCCCCCCCCCCCCCCCC)C(O)/C=C/CCCCCCCCCCCC. The monoisotopic (exact) mass is 1180 g/mol. The minimum absolute atomic E-state index is 0.127. The third kappa shape index (κ3) is 47.4. The predicted molar refractivity (Wildman–Crippen MR) is 352 cm³/mol. The number of allylic oxidation sites excluding steroid dienone is 9. The third-order valence-corrected chi connectivity index (χ3v) is 16.7. The molecule has 1 saturated heterocycles. The van der Waals surface area contributed by atoms with Crippen LogP contribution in [0.5, 0.6) is 0 Å². The number of unbranched alkanes of at least 4 members (excludes halogenated alkanes) is 39. The number of nitrogens with one attached hydrogen (secondary N) is 1. The summed E-state index contributed by atoms with van der Waals surface area (Å²) < 4.78 is 17.7. The number of esters is 1. The molecule has 84 heavy (non-hydrogen) atoms. The second-order valence-corrected chi connectivity index (χ2v) is 24.6. The van der Waals surface area contributed by atoms with Crippen LogP contribution < -0.4 is 5.32 Å². The Morgan fingerprint density at radius 1 is 0.464 bits per heavy atom. The molecule has 11 nitrogen and oxygen atoms in total. The Balaban J connectivity index is 2.57. The van der Waals surface area contributed by atoms with Crippen LogP contribution >= 0.6 is 0 Å². The van der Waals surface area contributed by atoms with Crippen LogP contribution in [0.3, 0.4) is 0 Å². The normalized spacial score (nSPS) is 18.8. The van der Waals surface area contributed by atoms with Crippen molar-refractivity contribution in [1.29, 1.82) is 0 Å². The van der Waals surface area contributed by atoms with E-state index in [0.29, 0.717) is 12.8 Å². The average Bonchev–Trinajstić information content (AvgIpc) is 3.67. The van der Waals surface area contributed by atoms with Crippen molar-refractivity contribution in [3.63, 3.8) is 0 Å². The van der Waals surface area contributed by atoms with E-state index in [-0.39, 0.29) is 19.4 Å². The van der Waals surface area contributed by atoms with Gasteiger partial charge in [-0.05, 0) is 70.6 Å². The molecule has 0 aliphatic carbocycles. The lowest BCUT2D eigenvalue weighted by Gasteiger charge is -2.41. The Morgan fingerprint density at radius 2 is 0.821 bits per heavy atom. The van der Waals surface area contributed by atoms with Gasteiger partial charge in [0.05, 0.1) is 25.4 Å². The lowest BCUT2D eigenvalue weighted by molar-refractivity contribution is -0.305. The summed E-state index contributed by atoms with van der Waals surface area (Å²) in [4.78, 5) is 26.7. The molecule has 0 aromatic heterocycles. The summed E-state index contributed by atoms with van der Waals surface area (Å²) in [5.41, 5.74) is 0. The van der Waals surface area contributed by atoms with E-state index in [2.05, 4.69) is 74.7 Å². The second kappa shape index (κ2) is 60.6. The van der Waals surface area contributed by atoms with Crippen molar-refractivity contribution in [1.82, 2.24) is 5.32 Å². The van der Waals surface area contributed by atoms with Crippen molar-refractivity contribution in [2.24, 2.45) is 0 Å². The molecule has 8 unspecified atom stereocenters. The molecule has 8 atom stereocenters. The van der Waals surface area contributed by atoms with Crippen molar-refractivity contribution in [3.8, 4) is 0 Å². The van der Waals surface area contributed by atoms with Gasteiger partial charge in [-0.3, -0.25) is 9.59 Å². The van der Waals surface area contributed by atoms with Gasteiger partial charge in [0.25, 0.3) is 0 Å². The molecule has 0 saturated carbocycles. The molecule has 0 spiro atoms. The van der Waals surface area contributed by atoms with E-state index >= 15 is 0 Å². The molecule has 0 aromatic carbocycles. The Bertz CT molecular complexity index is 1600. The van der Waals surface area contributed by atoms with Crippen LogP contribution in [0.4, 0.5) is 0 Å². The van der Waals surface area contributed by atoms with E-state index in [1.54, 1.807) is 6.08 Å². The van der Waals surface area contributed by atoms with E-state index in [0.717, 1.165) is 83.5 Å². The molecule has 11 heteroatoms. The first kappa shape index (κ1) is 79.4. The summed E-state index contributed by atoms with van der Waals surface area (Å²) in [6.45, 7) is 5.80. The summed E-state index contributed by atoms with van der Waals surface area (Å²) in [5, 5.41) is 57.2. The number of amides is 1. The maximum Gasteiger partial charge on any atom is 0.306 e. The van der Waals surface area contributed by atoms with Crippen LogP contribution in [0.1, 0.15) is 329 Å². The zero-order chi connectivity index (χ0) is 61.0. The highest BCUT2D eigenvalue weighted by Crippen LogP contribution is 2.26. The number of carbonyl (C=O) groups is 2. The summed E-state index contributed by atoms with van der Waals surface area (Å²) in [6.07, 6.45) is 66.9. The van der Waals surface area contributed by atoms with Gasteiger partial charge in [-0.15, -0.1) is 0 Å². The first-order valence-corrected chi connectivity index (χ1v) is 35.6. The predicted octanol–water partition coefficient (Wildman–Crippen LogP) is 18.1. The quantitative estimate of drug-likeness (QED) is 0.0195. The minimum atomic E-state index is -1.61. The maximum absolute atomic E-state index is 13.5. The van der Waals surface area contributed by atoms with Crippen molar-refractivity contribution < 1.29 is 49.3 Å². The summed E-state index contributed by atoms with van der Waals surface area (Å²) >= 11 is 0. The molecule has 0 bridgehead atoms. The van der Waals surface area contributed by atoms with Crippen LogP contribution in [-0.2, 0) is 23.8 Å². The second-order valence-electron chi connectivity index (χ2n) is 24.6. The van der Waals surface area contributed by atoms with Gasteiger partial charge in [-0.1, -0.05) is 313 Å². The van der Waals surface area contributed by atoms with E-state index in [1.807, 2.05) is 6.08 Å². The van der Waals surface area contributed by atoms with Gasteiger partial charge in [0.15, 0.2) is 12.4 Å². The van der Waals surface area contributed by atoms with Gasteiger partial charge >= 0.3 is 5.97 Å². The lowest BCUT2D eigenvalue weighted by Crippen LogP contribution is -2.61. The number of aliphatic hydroxyl groups is 5. The van der Waals surface area contributed by atoms with Gasteiger partial charge in [-0.25, -0.2) is 0 Å². The van der Waals surface area contributed by atoms with Gasteiger partial charge in [0.2, 0.25) is 5.91 Å². The summed E-state index contributed by atoms with van der Waals surface area (Å²) in [7, 11) is 0. The molecule has 1 amide bonds. The Labute approximate surface area is 516 Å². The number of hydrogen-bond donors (Lipinski definition) is 6. The smallest absolute Gasteiger partial charge is 0.306 e. The number of ether oxygens (including phenoxy) is 3. The molecule has 1 aliphatic rings. The fourth-order valence-electron chi connectivity index (χ4n) is 11.0. The molecule has 1 fully saturated rings. The summed E-state index contributed by atoms with van der Waals surface area (Å²) in [6, 6.07) is -1.03. The van der Waals surface area contributed by atoms with E-state index in [9.17, 15) is 35.1 Å². The highest BCUT2D eigenvalue weighted by molar-refractivity contribution is 5.80. The molecule has 1 rings (SSSR count). The molecule has 1 heterocycles. The van der Waals surface area contributed by atoms with Gasteiger partial charge in [-0.2, -0.15) is 0 Å². The van der Waals surface area contributed by atoms with Crippen molar-refractivity contribution >= 4 is 11.9 Å². The van der Waals surface area contributed by atoms with Crippen molar-refractivity contribution in [2.75, 3.05) is 13.2 Å². The molecule has 490 valence electrons. The van der Waals surface area contributed by atoms with Crippen LogP contribution in [0.2, 0.25) is 0 Å². The highest BCUT2D eigenvalue weighted by Gasteiger charge is 2.47. The Kier molecular flexibility index (Phi) is 57.3. The number of rotatable bonds is 61. The van der Waals surface area contributed by atoms with Crippen molar-refractivity contribution in [3.05, 3.63) is 60.8 Å². The minimum Gasteiger partial charge on any atom is -0.454 e. The fourth-order valence-corrected chi connectivity index (χ4v) is 11.0. The molecule has 0 radical (unpaired) electrons. The maximum atomic E-state index is 13.5. The van der Waals surface area contributed by atoms with Gasteiger partial charge in [0, 0.05) is 6.42 Å².